The van der Waals surface area contributed by atoms with Crippen molar-refractivity contribution in [2.24, 2.45) is 52.3 Å². The number of hydrogen-bond donors (Lipinski definition) is 1. The number of nitrogens with two attached hydrogens (primary N) is 1. The van der Waals surface area contributed by atoms with Crippen LogP contribution in [0.25, 0.3) is 11.1 Å². The second-order valence-electron chi connectivity index (χ2n) is 15.8. The SMILES string of the molecule is Nc1ccccc1-c1[c-]cccc1.O=S(=O)([O-])CPCCCC(C12CC3CC(CC(C3)C1)C2)C12CC3CC(CC(C3)C1)C2.[Pd+2]. The molecule has 0 amide bonds. The molecular weight excluding hydrogens is 676 g/mol. The van der Waals surface area contributed by atoms with E-state index in [0.717, 1.165) is 70.8 Å². The normalized spacial score (nSPS) is 37.0. The van der Waals surface area contributed by atoms with Gasteiger partial charge in [0.15, 0.2) is 0 Å². The van der Waals surface area contributed by atoms with E-state index in [1.54, 1.807) is 0 Å². The van der Waals surface area contributed by atoms with Gasteiger partial charge in [0, 0.05) is 0 Å². The van der Waals surface area contributed by atoms with Crippen LogP contribution in [-0.4, -0.2) is 24.6 Å². The summed E-state index contributed by atoms with van der Waals surface area (Å²) in [5.74, 6) is 6.97. The van der Waals surface area contributed by atoms with Crippen LogP contribution in [0, 0.1) is 58.3 Å². The van der Waals surface area contributed by atoms with Gasteiger partial charge in [-0.25, -0.2) is 8.42 Å². The van der Waals surface area contributed by atoms with Gasteiger partial charge >= 0.3 is 20.4 Å². The summed E-state index contributed by atoms with van der Waals surface area (Å²) in [6, 6.07) is 18.8. The van der Waals surface area contributed by atoms with Gasteiger partial charge in [0.05, 0.1) is 15.6 Å². The Morgan fingerprint density at radius 1 is 0.795 bits per heavy atom. The van der Waals surface area contributed by atoms with E-state index in [0.29, 0.717) is 19.4 Å². The predicted octanol–water partition coefficient (Wildman–Crippen LogP) is 8.73. The molecule has 7 heteroatoms. The van der Waals surface area contributed by atoms with Crippen LogP contribution >= 0.6 is 8.58 Å². The molecule has 4 nitrogen and oxygen atoms in total. The molecule has 2 N–H and O–H groups in total. The number of benzene rings is 2. The van der Waals surface area contributed by atoms with E-state index < -0.39 is 10.1 Å². The van der Waals surface area contributed by atoms with Crippen molar-refractivity contribution in [1.82, 2.24) is 0 Å². The van der Waals surface area contributed by atoms with Crippen LogP contribution in [0.4, 0.5) is 5.69 Å². The van der Waals surface area contributed by atoms with E-state index in [4.69, 9.17) is 5.73 Å². The maximum atomic E-state index is 11.0. The van der Waals surface area contributed by atoms with Gasteiger partial charge in [-0.1, -0.05) is 23.8 Å². The quantitative estimate of drug-likeness (QED) is 0.0700. The smallest absolute Gasteiger partial charge is 0.748 e. The van der Waals surface area contributed by atoms with Crippen molar-refractivity contribution < 1.29 is 33.4 Å². The summed E-state index contributed by atoms with van der Waals surface area (Å²) in [6.45, 7) is 0. The molecule has 242 valence electrons. The van der Waals surface area contributed by atoms with E-state index >= 15 is 0 Å². The van der Waals surface area contributed by atoms with E-state index in [2.05, 4.69) is 6.07 Å². The first-order valence-corrected chi connectivity index (χ1v) is 20.1. The van der Waals surface area contributed by atoms with Crippen molar-refractivity contribution >= 4 is 24.4 Å². The Balaban J connectivity index is 0.000000207. The van der Waals surface area contributed by atoms with Gasteiger partial charge in [0.25, 0.3) is 0 Å². The van der Waals surface area contributed by atoms with Crippen molar-refractivity contribution in [3.63, 3.8) is 0 Å². The molecule has 8 aliphatic carbocycles. The number of nitrogen functional groups attached to an aromatic ring is 1. The molecule has 1 unspecified atom stereocenters. The Hall–Kier alpha value is -0.758. The Bertz CT molecular complexity index is 1270. The molecule has 8 bridgehead atoms. The average molecular weight is 726 g/mol. The zero-order valence-electron chi connectivity index (χ0n) is 26.0. The van der Waals surface area contributed by atoms with Crippen LogP contribution in [0.5, 0.6) is 0 Å². The van der Waals surface area contributed by atoms with Gasteiger partial charge in [-0.3, -0.25) is 0 Å². The number of rotatable bonds is 9. The largest absolute Gasteiger partial charge is 2.00 e. The predicted molar refractivity (Wildman–Crippen MR) is 177 cm³/mol. The Labute approximate surface area is 281 Å². The fourth-order valence-electron chi connectivity index (χ4n) is 12.4. The fraction of sp³-hybridized carbons (Fsp3) is 0.676. The third-order valence-electron chi connectivity index (χ3n) is 12.7. The first kappa shape index (κ1) is 33.2. The molecule has 2 aromatic carbocycles. The second-order valence-corrected chi connectivity index (χ2v) is 19.1. The number of anilines is 1. The average Bonchev–Trinajstić information content (AvgIpc) is 2.94. The molecule has 0 radical (unpaired) electrons. The molecule has 0 aromatic heterocycles. The van der Waals surface area contributed by atoms with Crippen LogP contribution in [0.15, 0.2) is 48.5 Å². The summed E-state index contributed by atoms with van der Waals surface area (Å²) < 4.78 is 33.1. The van der Waals surface area contributed by atoms with Crippen molar-refractivity contribution in [3.8, 4) is 11.1 Å². The number of para-hydroxylation sites is 1. The summed E-state index contributed by atoms with van der Waals surface area (Å²) in [6.07, 6.45) is 21.7. The van der Waals surface area contributed by atoms with Crippen LogP contribution in [0.1, 0.15) is 89.9 Å². The fourth-order valence-corrected chi connectivity index (χ4v) is 14.4. The van der Waals surface area contributed by atoms with E-state index in [-0.39, 0.29) is 25.9 Å². The van der Waals surface area contributed by atoms with Crippen molar-refractivity contribution in [3.05, 3.63) is 54.6 Å². The molecule has 44 heavy (non-hydrogen) atoms. The summed E-state index contributed by atoms with van der Waals surface area (Å²) in [4.78, 5) is 0. The minimum absolute atomic E-state index is 0. The van der Waals surface area contributed by atoms with E-state index in [9.17, 15) is 13.0 Å². The molecule has 8 aliphatic rings. The van der Waals surface area contributed by atoms with E-state index in [1.165, 1.54) is 83.5 Å². The minimum Gasteiger partial charge on any atom is -0.748 e. The van der Waals surface area contributed by atoms with E-state index in [1.807, 2.05) is 48.5 Å². The first-order valence-electron chi connectivity index (χ1n) is 17.1. The molecular formula is C37H50NO3PPdS. The van der Waals surface area contributed by atoms with Crippen LogP contribution < -0.4 is 5.73 Å². The Morgan fingerprint density at radius 2 is 1.27 bits per heavy atom. The number of hydrogen-bond acceptors (Lipinski definition) is 4. The van der Waals surface area contributed by atoms with Gasteiger partial charge in [-0.05, 0) is 160 Å². The van der Waals surface area contributed by atoms with Crippen molar-refractivity contribution in [1.29, 1.82) is 0 Å². The van der Waals surface area contributed by atoms with Crippen molar-refractivity contribution in [2.75, 3.05) is 17.4 Å². The maximum absolute atomic E-state index is 11.0. The minimum atomic E-state index is -4.04. The molecule has 8 saturated carbocycles. The third kappa shape index (κ3) is 7.06. The Kier molecular flexibility index (Phi) is 10.1. The second kappa shape index (κ2) is 13.4. The standard InChI is InChI=1S/C25H41O3PS.C12H10N.Pd/c26-30(27,28)16-29-3-1-2-23(24-10-17-4-18(11-24)6-19(5-17)12-24)25-13-20-7-21(14-25)9-22(8-20)15-25;13-12-9-5-4-8-11(12)10-6-2-1-3-7-10;/h17-23,29H,1-16H2,(H,26,27,28);1-6,8-9H,13H2;/q;-1;+2/p-1. The van der Waals surface area contributed by atoms with Crippen LogP contribution in [-0.2, 0) is 30.5 Å². The summed E-state index contributed by atoms with van der Waals surface area (Å²) in [5.41, 5.74) is 9.82. The molecule has 2 aromatic rings. The maximum Gasteiger partial charge on any atom is 2.00 e. The Morgan fingerprint density at radius 3 is 1.70 bits per heavy atom. The molecule has 10 rings (SSSR count). The van der Waals surface area contributed by atoms with Gasteiger partial charge in [-0.2, -0.15) is 0 Å². The molecule has 0 aliphatic heterocycles. The van der Waals surface area contributed by atoms with Gasteiger partial charge < -0.3 is 10.3 Å². The van der Waals surface area contributed by atoms with Gasteiger partial charge in [0.2, 0.25) is 0 Å². The van der Waals surface area contributed by atoms with Gasteiger partial charge in [0.1, 0.15) is 0 Å². The zero-order chi connectivity index (χ0) is 29.7. The molecule has 1 atom stereocenters. The summed E-state index contributed by atoms with van der Waals surface area (Å²) in [5, 5.41) is 0. The van der Waals surface area contributed by atoms with Crippen LogP contribution in [0.3, 0.4) is 0 Å². The first-order chi connectivity index (χ1) is 20.7. The molecule has 0 spiro atoms. The zero-order valence-corrected chi connectivity index (χ0v) is 29.4. The topological polar surface area (TPSA) is 83.2 Å². The monoisotopic (exact) mass is 725 g/mol. The third-order valence-corrected chi connectivity index (χ3v) is 15.7. The summed E-state index contributed by atoms with van der Waals surface area (Å²) >= 11 is 0. The van der Waals surface area contributed by atoms with Gasteiger partial charge in [-0.15, -0.1) is 44.5 Å². The molecule has 0 saturated heterocycles. The molecule has 8 fully saturated rings. The molecule has 0 heterocycles. The summed E-state index contributed by atoms with van der Waals surface area (Å²) in [7, 11) is -3.73. The van der Waals surface area contributed by atoms with Crippen LogP contribution in [0.2, 0.25) is 0 Å². The van der Waals surface area contributed by atoms with Crippen molar-refractivity contribution in [2.45, 2.75) is 89.9 Å².